The molecule has 3 aromatic rings. The number of phenols is 2. The summed E-state index contributed by atoms with van der Waals surface area (Å²) in [5.74, 6) is -1.80. The third-order valence-electron chi connectivity index (χ3n) is 6.08. The highest BCUT2D eigenvalue weighted by atomic mass is 35.5. The van der Waals surface area contributed by atoms with Crippen LogP contribution in [-0.2, 0) is 14.4 Å². The Hall–Kier alpha value is -3.76. The fourth-order valence-corrected chi connectivity index (χ4v) is 4.58. The van der Waals surface area contributed by atoms with Crippen molar-refractivity contribution in [2.75, 3.05) is 13.1 Å². The molecule has 35 heavy (non-hydrogen) atoms. The van der Waals surface area contributed by atoms with Gasteiger partial charge in [-0.3, -0.25) is 14.4 Å². The van der Waals surface area contributed by atoms with Crippen LogP contribution >= 0.6 is 11.6 Å². The van der Waals surface area contributed by atoms with Gasteiger partial charge >= 0.3 is 0 Å². The van der Waals surface area contributed by atoms with Gasteiger partial charge in [-0.2, -0.15) is 0 Å². The van der Waals surface area contributed by atoms with Crippen molar-refractivity contribution in [3.8, 4) is 11.5 Å². The predicted octanol–water partition coefficient (Wildman–Crippen LogP) is 3.12. The summed E-state index contributed by atoms with van der Waals surface area (Å²) in [6.45, 7) is 1.71. The summed E-state index contributed by atoms with van der Waals surface area (Å²) in [6.07, 6.45) is 1.15. The topological polar surface area (TPSA) is 158 Å². The van der Waals surface area contributed by atoms with Gasteiger partial charge in [-0.1, -0.05) is 35.9 Å². The third-order valence-corrected chi connectivity index (χ3v) is 6.39. The number of carbonyl (C=O) groups is 3. The molecule has 4 rings (SSSR count). The van der Waals surface area contributed by atoms with E-state index in [1.807, 2.05) is 0 Å². The monoisotopic (exact) mass is 497 g/mol. The molecule has 5 N–H and O–H groups in total. The minimum atomic E-state index is -1.00. The van der Waals surface area contributed by atoms with E-state index in [9.17, 15) is 24.6 Å². The number of benzene rings is 3. The Morgan fingerprint density at radius 3 is 2.51 bits per heavy atom. The van der Waals surface area contributed by atoms with Gasteiger partial charge in [0.1, 0.15) is 23.6 Å². The largest absolute Gasteiger partial charge is 0.507 e. The average molecular weight is 498 g/mol. The number of phenolic OH excluding ortho intramolecular Hbond substituents is 2. The van der Waals surface area contributed by atoms with Crippen molar-refractivity contribution in [1.82, 2.24) is 10.2 Å². The lowest BCUT2D eigenvalue weighted by Gasteiger charge is -2.24. The van der Waals surface area contributed by atoms with Crippen molar-refractivity contribution in [3.05, 3.63) is 41.4 Å². The van der Waals surface area contributed by atoms with Crippen molar-refractivity contribution >= 4 is 56.6 Å². The molecule has 1 fully saturated rings. The highest BCUT2D eigenvalue weighted by Gasteiger charge is 2.34. The Kier molecular flexibility index (Phi) is 6.86. The molecule has 3 amide bonds. The molecule has 0 aliphatic carbocycles. The van der Waals surface area contributed by atoms with Crippen molar-refractivity contribution in [2.24, 2.45) is 16.0 Å². The molecule has 1 heterocycles. The summed E-state index contributed by atoms with van der Waals surface area (Å²) in [5.41, 5.74) is 5.56. The molecular weight excluding hydrogens is 474 g/mol. The van der Waals surface area contributed by atoms with Crippen LogP contribution in [0.3, 0.4) is 0 Å². The molecule has 0 saturated carbocycles. The van der Waals surface area contributed by atoms with Gasteiger partial charge in [0.2, 0.25) is 11.8 Å². The van der Waals surface area contributed by atoms with Gasteiger partial charge in [-0.15, -0.1) is 10.2 Å². The van der Waals surface area contributed by atoms with Crippen LogP contribution in [0.25, 0.3) is 21.5 Å². The summed E-state index contributed by atoms with van der Waals surface area (Å²) in [5, 5.41) is 33.3. The molecule has 11 heteroatoms. The van der Waals surface area contributed by atoms with Crippen LogP contribution in [0.15, 0.2) is 46.6 Å². The van der Waals surface area contributed by atoms with Gasteiger partial charge < -0.3 is 26.2 Å². The van der Waals surface area contributed by atoms with Gasteiger partial charge in [0.05, 0.1) is 22.6 Å². The number of nitrogens with zero attached hydrogens (tertiary/aromatic N) is 3. The molecule has 0 bridgehead atoms. The molecule has 0 spiro atoms. The normalized spacial score (nSPS) is 16.8. The SMILES string of the molecule is C[C@H](NC(=O)[C@@H]1CCCN1C(=O)CN)C(=O)N=Nc1cccc2c(O)c3c(Cl)cccc3c(O)c12. The standard InChI is InChI=1S/C24H24ClN5O5/c1-12(27-24(35)17-9-4-10-30(17)18(31)11-26)23(34)29-28-16-8-3-6-14-20(16)22(33)13-5-2-7-15(25)19(13)21(14)32/h2-3,5-8,12,17,32-33H,4,9-11,26H2,1H3,(H,27,35)/t12-,17-/m0/s1. The molecule has 1 saturated heterocycles. The lowest BCUT2D eigenvalue weighted by Crippen LogP contribution is -2.50. The van der Waals surface area contributed by atoms with Crippen LogP contribution in [0.1, 0.15) is 19.8 Å². The number of likely N-dealkylation sites (tertiary alicyclic amines) is 1. The van der Waals surface area contributed by atoms with Crippen LogP contribution in [0.2, 0.25) is 5.02 Å². The maximum Gasteiger partial charge on any atom is 0.286 e. The second-order valence-corrected chi connectivity index (χ2v) is 8.68. The lowest BCUT2D eigenvalue weighted by atomic mass is 9.99. The number of hydrogen-bond donors (Lipinski definition) is 4. The zero-order valence-corrected chi connectivity index (χ0v) is 19.6. The van der Waals surface area contributed by atoms with Gasteiger partial charge in [0.25, 0.3) is 5.91 Å². The van der Waals surface area contributed by atoms with E-state index in [4.69, 9.17) is 17.3 Å². The number of nitrogens with two attached hydrogens (primary N) is 1. The summed E-state index contributed by atoms with van der Waals surface area (Å²) in [7, 11) is 0. The van der Waals surface area contributed by atoms with Crippen molar-refractivity contribution < 1.29 is 24.6 Å². The molecule has 182 valence electrons. The van der Waals surface area contributed by atoms with Gasteiger partial charge in [0, 0.05) is 22.7 Å². The van der Waals surface area contributed by atoms with Crippen LogP contribution in [-0.4, -0.2) is 58.0 Å². The van der Waals surface area contributed by atoms with E-state index in [0.717, 1.165) is 0 Å². The van der Waals surface area contributed by atoms with Crippen molar-refractivity contribution in [3.63, 3.8) is 0 Å². The number of rotatable bonds is 5. The van der Waals surface area contributed by atoms with Gasteiger partial charge in [-0.25, -0.2) is 0 Å². The second kappa shape index (κ2) is 9.85. The zero-order chi connectivity index (χ0) is 25.3. The average Bonchev–Trinajstić information content (AvgIpc) is 3.35. The maximum atomic E-state index is 12.6. The number of amides is 3. The molecule has 1 aliphatic rings. The Morgan fingerprint density at radius 2 is 1.80 bits per heavy atom. The van der Waals surface area contributed by atoms with E-state index in [1.54, 1.807) is 30.3 Å². The summed E-state index contributed by atoms with van der Waals surface area (Å²) in [6, 6.07) is 7.88. The number of carbonyl (C=O) groups excluding carboxylic acids is 3. The van der Waals surface area contributed by atoms with Crippen LogP contribution in [0.4, 0.5) is 5.69 Å². The lowest BCUT2D eigenvalue weighted by molar-refractivity contribution is -0.138. The number of fused-ring (bicyclic) bond motifs is 2. The molecule has 10 nitrogen and oxygen atoms in total. The third kappa shape index (κ3) is 4.50. The minimum absolute atomic E-state index is 0.129. The van der Waals surface area contributed by atoms with E-state index in [0.29, 0.717) is 35.5 Å². The first-order valence-corrected chi connectivity index (χ1v) is 11.4. The smallest absolute Gasteiger partial charge is 0.286 e. The predicted molar refractivity (Wildman–Crippen MR) is 131 cm³/mol. The molecule has 1 aliphatic heterocycles. The number of halogens is 1. The van der Waals surface area contributed by atoms with Crippen LogP contribution < -0.4 is 11.1 Å². The maximum absolute atomic E-state index is 12.6. The van der Waals surface area contributed by atoms with Crippen LogP contribution in [0.5, 0.6) is 11.5 Å². The fraction of sp³-hybridized carbons (Fsp3) is 0.292. The second-order valence-electron chi connectivity index (χ2n) is 8.28. The number of hydrogen-bond acceptors (Lipinski definition) is 7. The molecule has 0 unspecified atom stereocenters. The quantitative estimate of drug-likeness (QED) is 0.241. The van der Waals surface area contributed by atoms with Crippen LogP contribution in [0, 0.1) is 0 Å². The molecule has 2 atom stereocenters. The number of azo groups is 1. The fourth-order valence-electron chi connectivity index (χ4n) is 4.32. The minimum Gasteiger partial charge on any atom is -0.507 e. The molecule has 0 aromatic heterocycles. The summed E-state index contributed by atoms with van der Waals surface area (Å²) in [4.78, 5) is 38.6. The summed E-state index contributed by atoms with van der Waals surface area (Å²) < 4.78 is 0. The van der Waals surface area contributed by atoms with Crippen molar-refractivity contribution in [1.29, 1.82) is 0 Å². The Balaban J connectivity index is 1.58. The molecule has 3 aromatic carbocycles. The molecular formula is C24H24ClN5O5. The number of nitrogens with one attached hydrogen (secondary N) is 1. The highest BCUT2D eigenvalue weighted by Crippen LogP contribution is 2.47. The van der Waals surface area contributed by atoms with E-state index in [2.05, 4.69) is 15.5 Å². The Bertz CT molecular complexity index is 1380. The first-order valence-electron chi connectivity index (χ1n) is 11.0. The molecule has 0 radical (unpaired) electrons. The Labute approximate surface area is 205 Å². The van der Waals surface area contributed by atoms with E-state index in [1.165, 1.54) is 17.9 Å². The Morgan fingerprint density at radius 1 is 1.14 bits per heavy atom. The van der Waals surface area contributed by atoms with Gasteiger partial charge in [-0.05, 0) is 31.9 Å². The van der Waals surface area contributed by atoms with Crippen molar-refractivity contribution in [2.45, 2.75) is 31.8 Å². The first kappa shape index (κ1) is 24.4. The van der Waals surface area contributed by atoms with E-state index >= 15 is 0 Å². The van der Waals surface area contributed by atoms with E-state index < -0.39 is 23.9 Å². The summed E-state index contributed by atoms with van der Waals surface area (Å²) >= 11 is 6.22. The van der Waals surface area contributed by atoms with E-state index in [-0.39, 0.29) is 40.0 Å². The zero-order valence-electron chi connectivity index (χ0n) is 18.9. The first-order chi connectivity index (χ1) is 16.7. The number of aromatic hydroxyl groups is 2. The van der Waals surface area contributed by atoms with Gasteiger partial charge in [0.15, 0.2) is 0 Å². The highest BCUT2D eigenvalue weighted by molar-refractivity contribution is 6.37.